The number of hydrogen-bond acceptors (Lipinski definition) is 3. The van der Waals surface area contributed by atoms with Crippen molar-refractivity contribution in [3.05, 3.63) is 0 Å². The fourth-order valence-electron chi connectivity index (χ4n) is 1.31. The van der Waals surface area contributed by atoms with Gasteiger partial charge in [0.1, 0.15) is 6.29 Å². The number of aldehydes is 1. The number of rotatable bonds is 4. The van der Waals surface area contributed by atoms with Crippen LogP contribution in [0.2, 0.25) is 0 Å². The SMILES string of the molecule is CN(CCC=O)C1CCOC1. The normalized spacial score (nSPS) is 24.4. The Bertz CT molecular complexity index is 121. The third-order valence-electron chi connectivity index (χ3n) is 2.13. The third kappa shape index (κ3) is 2.60. The number of ether oxygens (including phenoxy) is 1. The van der Waals surface area contributed by atoms with Crippen molar-refractivity contribution in [2.45, 2.75) is 18.9 Å². The van der Waals surface area contributed by atoms with Crippen molar-refractivity contribution in [1.82, 2.24) is 4.90 Å². The minimum absolute atomic E-state index is 0.537. The lowest BCUT2D eigenvalue weighted by Gasteiger charge is -2.21. The van der Waals surface area contributed by atoms with Gasteiger partial charge in [-0.3, -0.25) is 0 Å². The standard InChI is InChI=1S/C8H15NO2/c1-9(4-2-5-10)8-3-6-11-7-8/h5,8H,2-4,6-7H2,1H3. The summed E-state index contributed by atoms with van der Waals surface area (Å²) in [6.07, 6.45) is 2.70. The molecule has 0 aromatic carbocycles. The van der Waals surface area contributed by atoms with Gasteiger partial charge in [-0.25, -0.2) is 0 Å². The number of nitrogens with zero attached hydrogens (tertiary/aromatic N) is 1. The second kappa shape index (κ2) is 4.46. The molecule has 64 valence electrons. The maximum Gasteiger partial charge on any atom is 0.121 e. The monoisotopic (exact) mass is 157 g/mol. The topological polar surface area (TPSA) is 29.5 Å². The lowest BCUT2D eigenvalue weighted by atomic mass is 10.2. The van der Waals surface area contributed by atoms with E-state index in [0.29, 0.717) is 12.5 Å². The van der Waals surface area contributed by atoms with Gasteiger partial charge in [0.25, 0.3) is 0 Å². The summed E-state index contributed by atoms with van der Waals surface area (Å²) in [5, 5.41) is 0. The number of likely N-dealkylation sites (N-methyl/N-ethyl adjacent to an activating group) is 1. The van der Waals surface area contributed by atoms with Gasteiger partial charge in [-0.05, 0) is 13.5 Å². The van der Waals surface area contributed by atoms with Gasteiger partial charge in [0.05, 0.1) is 6.61 Å². The molecule has 0 bridgehead atoms. The molecule has 1 saturated heterocycles. The Kier molecular flexibility index (Phi) is 3.52. The van der Waals surface area contributed by atoms with Crippen LogP contribution >= 0.6 is 0 Å². The van der Waals surface area contributed by atoms with E-state index in [0.717, 1.165) is 32.5 Å². The summed E-state index contributed by atoms with van der Waals surface area (Å²) in [5.74, 6) is 0. The molecule has 0 saturated carbocycles. The minimum Gasteiger partial charge on any atom is -0.380 e. The Labute approximate surface area is 67.3 Å². The molecule has 0 aromatic heterocycles. The fraction of sp³-hybridized carbons (Fsp3) is 0.875. The molecule has 0 N–H and O–H groups in total. The predicted molar refractivity (Wildman–Crippen MR) is 42.5 cm³/mol. The van der Waals surface area contributed by atoms with Gasteiger partial charge in [0.2, 0.25) is 0 Å². The highest BCUT2D eigenvalue weighted by atomic mass is 16.5. The van der Waals surface area contributed by atoms with Gasteiger partial charge < -0.3 is 14.4 Å². The van der Waals surface area contributed by atoms with E-state index in [1.165, 1.54) is 0 Å². The zero-order chi connectivity index (χ0) is 8.10. The van der Waals surface area contributed by atoms with E-state index in [9.17, 15) is 4.79 Å². The summed E-state index contributed by atoms with van der Waals surface area (Å²) in [6.45, 7) is 2.56. The molecule has 1 rings (SSSR count). The van der Waals surface area contributed by atoms with Gasteiger partial charge in [-0.15, -0.1) is 0 Å². The lowest BCUT2D eigenvalue weighted by molar-refractivity contribution is -0.108. The van der Waals surface area contributed by atoms with Crippen molar-refractivity contribution in [2.24, 2.45) is 0 Å². The zero-order valence-corrected chi connectivity index (χ0v) is 6.95. The first-order valence-corrected chi connectivity index (χ1v) is 4.06. The molecule has 11 heavy (non-hydrogen) atoms. The molecule has 1 fully saturated rings. The van der Waals surface area contributed by atoms with Crippen LogP contribution in [0.15, 0.2) is 0 Å². The molecule has 1 unspecified atom stereocenters. The fourth-order valence-corrected chi connectivity index (χ4v) is 1.31. The summed E-state index contributed by atoms with van der Waals surface area (Å²) < 4.78 is 5.23. The number of carbonyl (C=O) groups is 1. The molecule has 3 nitrogen and oxygen atoms in total. The Morgan fingerprint density at radius 3 is 3.09 bits per heavy atom. The van der Waals surface area contributed by atoms with Crippen LogP contribution in [-0.2, 0) is 9.53 Å². The predicted octanol–water partition coefficient (Wildman–Crippen LogP) is 0.296. The van der Waals surface area contributed by atoms with Crippen LogP contribution in [0.1, 0.15) is 12.8 Å². The average molecular weight is 157 g/mol. The van der Waals surface area contributed by atoms with E-state index >= 15 is 0 Å². The molecule has 0 amide bonds. The van der Waals surface area contributed by atoms with E-state index in [1.54, 1.807) is 0 Å². The van der Waals surface area contributed by atoms with Crippen molar-refractivity contribution < 1.29 is 9.53 Å². The smallest absolute Gasteiger partial charge is 0.121 e. The van der Waals surface area contributed by atoms with E-state index in [4.69, 9.17) is 4.74 Å². The van der Waals surface area contributed by atoms with E-state index < -0.39 is 0 Å². The Hall–Kier alpha value is -0.410. The van der Waals surface area contributed by atoms with Crippen LogP contribution in [0.4, 0.5) is 0 Å². The molecule has 1 heterocycles. The molecule has 3 heteroatoms. The maximum absolute atomic E-state index is 10.1. The molecule has 0 aliphatic carbocycles. The third-order valence-corrected chi connectivity index (χ3v) is 2.13. The highest BCUT2D eigenvalue weighted by molar-refractivity contribution is 5.49. The van der Waals surface area contributed by atoms with Gasteiger partial charge in [-0.1, -0.05) is 0 Å². The summed E-state index contributed by atoms with van der Waals surface area (Å²) in [5.41, 5.74) is 0. The first-order chi connectivity index (χ1) is 5.34. The summed E-state index contributed by atoms with van der Waals surface area (Å²) in [7, 11) is 2.04. The van der Waals surface area contributed by atoms with Crippen LogP contribution in [-0.4, -0.2) is 44.0 Å². The second-order valence-electron chi connectivity index (χ2n) is 2.95. The molecule has 1 aliphatic rings. The van der Waals surface area contributed by atoms with E-state index in [2.05, 4.69) is 4.90 Å². The molecule has 0 spiro atoms. The summed E-state index contributed by atoms with van der Waals surface area (Å²) in [4.78, 5) is 12.3. The minimum atomic E-state index is 0.537. The molecular weight excluding hydrogens is 142 g/mol. The van der Waals surface area contributed by atoms with Crippen molar-refractivity contribution >= 4 is 6.29 Å². The summed E-state index contributed by atoms with van der Waals surface area (Å²) >= 11 is 0. The first kappa shape index (κ1) is 8.68. The zero-order valence-electron chi connectivity index (χ0n) is 6.95. The van der Waals surface area contributed by atoms with Gasteiger partial charge in [0.15, 0.2) is 0 Å². The highest BCUT2D eigenvalue weighted by Gasteiger charge is 2.19. The lowest BCUT2D eigenvalue weighted by Crippen LogP contribution is -2.32. The largest absolute Gasteiger partial charge is 0.380 e. The van der Waals surface area contributed by atoms with Crippen molar-refractivity contribution in [3.63, 3.8) is 0 Å². The van der Waals surface area contributed by atoms with Gasteiger partial charge in [0, 0.05) is 25.6 Å². The van der Waals surface area contributed by atoms with Gasteiger partial charge >= 0.3 is 0 Å². The van der Waals surface area contributed by atoms with Crippen molar-refractivity contribution in [1.29, 1.82) is 0 Å². The van der Waals surface area contributed by atoms with E-state index in [1.807, 2.05) is 7.05 Å². The number of carbonyl (C=O) groups excluding carboxylic acids is 1. The summed E-state index contributed by atoms with van der Waals surface area (Å²) in [6, 6.07) is 0.537. The second-order valence-corrected chi connectivity index (χ2v) is 2.95. The Morgan fingerprint density at radius 2 is 2.55 bits per heavy atom. The molecule has 0 aromatic rings. The average Bonchev–Trinajstić information content (AvgIpc) is 2.52. The van der Waals surface area contributed by atoms with Crippen LogP contribution in [0.3, 0.4) is 0 Å². The van der Waals surface area contributed by atoms with Crippen molar-refractivity contribution in [2.75, 3.05) is 26.8 Å². The quantitative estimate of drug-likeness (QED) is 0.549. The van der Waals surface area contributed by atoms with Crippen LogP contribution in [0.25, 0.3) is 0 Å². The van der Waals surface area contributed by atoms with E-state index in [-0.39, 0.29) is 0 Å². The highest BCUT2D eigenvalue weighted by Crippen LogP contribution is 2.09. The molecule has 1 atom stereocenters. The first-order valence-electron chi connectivity index (χ1n) is 4.06. The maximum atomic E-state index is 10.1. The Balaban J connectivity index is 2.16. The van der Waals surface area contributed by atoms with Crippen LogP contribution < -0.4 is 0 Å². The molecule has 1 aliphatic heterocycles. The van der Waals surface area contributed by atoms with Crippen LogP contribution in [0.5, 0.6) is 0 Å². The molecular formula is C8H15NO2. The van der Waals surface area contributed by atoms with Crippen LogP contribution in [0, 0.1) is 0 Å². The Morgan fingerprint density at radius 1 is 1.73 bits per heavy atom. The molecule has 0 radical (unpaired) electrons. The number of hydrogen-bond donors (Lipinski definition) is 0. The van der Waals surface area contributed by atoms with Crippen molar-refractivity contribution in [3.8, 4) is 0 Å². The van der Waals surface area contributed by atoms with Gasteiger partial charge in [-0.2, -0.15) is 0 Å².